The summed E-state index contributed by atoms with van der Waals surface area (Å²) in [6.07, 6.45) is 2.60. The highest BCUT2D eigenvalue weighted by molar-refractivity contribution is 6.01. The second-order valence-electron chi connectivity index (χ2n) is 7.41. The smallest absolute Gasteiger partial charge is 0.255 e. The lowest BCUT2D eigenvalue weighted by Crippen LogP contribution is -2.37. The first kappa shape index (κ1) is 21.3. The molecule has 0 unspecified atom stereocenters. The predicted octanol–water partition coefficient (Wildman–Crippen LogP) is 3.47. The molecule has 0 bridgehead atoms. The van der Waals surface area contributed by atoms with Gasteiger partial charge in [-0.25, -0.2) is 0 Å². The first-order chi connectivity index (χ1) is 14.5. The molecule has 2 N–H and O–H groups in total. The zero-order chi connectivity index (χ0) is 21.5. The van der Waals surface area contributed by atoms with Crippen molar-refractivity contribution >= 4 is 11.8 Å². The fourth-order valence-corrected chi connectivity index (χ4v) is 3.12. The van der Waals surface area contributed by atoms with Crippen molar-refractivity contribution in [3.63, 3.8) is 0 Å². The molecule has 2 aromatic carbocycles. The molecule has 6 nitrogen and oxygen atoms in total. The largest absolute Gasteiger partial charge is 0.355 e. The van der Waals surface area contributed by atoms with Gasteiger partial charge in [-0.1, -0.05) is 49.4 Å². The molecule has 0 aliphatic carbocycles. The highest BCUT2D eigenvalue weighted by atomic mass is 16.2. The molecule has 30 heavy (non-hydrogen) atoms. The number of nitrogens with one attached hydrogen (secondary N) is 2. The maximum atomic E-state index is 12.9. The van der Waals surface area contributed by atoms with Crippen LogP contribution in [-0.4, -0.2) is 34.7 Å². The molecule has 6 heteroatoms. The van der Waals surface area contributed by atoms with Crippen molar-refractivity contribution in [3.05, 3.63) is 77.0 Å². The number of rotatable bonds is 8. The van der Waals surface area contributed by atoms with Crippen molar-refractivity contribution in [1.82, 2.24) is 20.4 Å². The quantitative estimate of drug-likeness (QED) is 0.604. The lowest BCUT2D eigenvalue weighted by molar-refractivity contribution is -0.120. The number of aryl methyl sites for hydroxylation is 2. The zero-order valence-corrected chi connectivity index (χ0v) is 17.7. The number of amides is 2. The van der Waals surface area contributed by atoms with Crippen LogP contribution in [0.2, 0.25) is 0 Å². The van der Waals surface area contributed by atoms with E-state index in [2.05, 4.69) is 17.6 Å². The van der Waals surface area contributed by atoms with Crippen molar-refractivity contribution in [2.24, 2.45) is 0 Å². The van der Waals surface area contributed by atoms with Gasteiger partial charge in [0.05, 0.1) is 18.7 Å². The predicted molar refractivity (Wildman–Crippen MR) is 118 cm³/mol. The van der Waals surface area contributed by atoms with E-state index in [1.165, 1.54) is 5.56 Å². The summed E-state index contributed by atoms with van der Waals surface area (Å²) in [5.41, 5.74) is 5.36. The van der Waals surface area contributed by atoms with Crippen LogP contribution in [0, 0.1) is 13.8 Å². The monoisotopic (exact) mass is 404 g/mol. The van der Waals surface area contributed by atoms with Crippen LogP contribution in [0.15, 0.2) is 54.7 Å². The number of carbonyl (C=O) groups is 2. The minimum absolute atomic E-state index is 0.0605. The van der Waals surface area contributed by atoms with Gasteiger partial charge in [0, 0.05) is 18.3 Å². The van der Waals surface area contributed by atoms with Crippen LogP contribution in [0.1, 0.15) is 40.4 Å². The van der Waals surface area contributed by atoms with Crippen molar-refractivity contribution in [2.75, 3.05) is 13.1 Å². The Hall–Kier alpha value is -3.41. The van der Waals surface area contributed by atoms with E-state index >= 15 is 0 Å². The van der Waals surface area contributed by atoms with Crippen LogP contribution in [-0.2, 0) is 11.3 Å². The molecule has 3 rings (SSSR count). The van der Waals surface area contributed by atoms with E-state index in [0.29, 0.717) is 24.3 Å². The van der Waals surface area contributed by atoms with Crippen molar-refractivity contribution < 1.29 is 9.59 Å². The van der Waals surface area contributed by atoms with E-state index in [0.717, 1.165) is 23.1 Å². The summed E-state index contributed by atoms with van der Waals surface area (Å²) in [6, 6.07) is 16.0. The average Bonchev–Trinajstić information content (AvgIpc) is 3.17. The van der Waals surface area contributed by atoms with Gasteiger partial charge in [-0.3, -0.25) is 14.3 Å². The Morgan fingerprint density at radius 3 is 2.47 bits per heavy atom. The van der Waals surface area contributed by atoms with Crippen LogP contribution in [0.25, 0.3) is 11.3 Å². The molecular formula is C24H28N4O2. The summed E-state index contributed by atoms with van der Waals surface area (Å²) >= 11 is 0. The fraction of sp³-hybridized carbons (Fsp3) is 0.292. The van der Waals surface area contributed by atoms with Gasteiger partial charge in [-0.15, -0.1) is 0 Å². The minimum atomic E-state index is -0.311. The molecule has 1 heterocycles. The second-order valence-corrected chi connectivity index (χ2v) is 7.41. The van der Waals surface area contributed by atoms with Gasteiger partial charge in [0.25, 0.3) is 5.91 Å². The Morgan fingerprint density at radius 1 is 1.00 bits per heavy atom. The van der Waals surface area contributed by atoms with Crippen LogP contribution < -0.4 is 10.6 Å². The lowest BCUT2D eigenvalue weighted by Gasteiger charge is -2.07. The van der Waals surface area contributed by atoms with Crippen molar-refractivity contribution in [2.45, 2.75) is 33.7 Å². The SMILES string of the molecule is CCCNC(=O)CNC(=O)c1cn(Cc2ccccc2)nc1-c1ccc(C)c(C)c1. The summed E-state index contributed by atoms with van der Waals surface area (Å²) in [5.74, 6) is -0.510. The van der Waals surface area contributed by atoms with E-state index in [1.807, 2.05) is 62.4 Å². The maximum Gasteiger partial charge on any atom is 0.255 e. The number of carbonyl (C=O) groups excluding carboxylic acids is 2. The molecular weight excluding hydrogens is 376 g/mol. The highest BCUT2D eigenvalue weighted by Crippen LogP contribution is 2.25. The van der Waals surface area contributed by atoms with Gasteiger partial charge in [0.15, 0.2) is 0 Å². The normalized spacial score (nSPS) is 10.6. The van der Waals surface area contributed by atoms with Gasteiger partial charge >= 0.3 is 0 Å². The van der Waals surface area contributed by atoms with Gasteiger partial charge in [0.2, 0.25) is 5.91 Å². The molecule has 0 aliphatic heterocycles. The molecule has 1 aromatic heterocycles. The third-order valence-electron chi connectivity index (χ3n) is 4.96. The molecule has 0 fully saturated rings. The fourth-order valence-electron chi connectivity index (χ4n) is 3.12. The van der Waals surface area contributed by atoms with E-state index in [-0.39, 0.29) is 18.4 Å². The minimum Gasteiger partial charge on any atom is -0.355 e. The molecule has 0 saturated heterocycles. The lowest BCUT2D eigenvalue weighted by atomic mass is 10.0. The Kier molecular flexibility index (Phi) is 7.01. The van der Waals surface area contributed by atoms with Gasteiger partial charge in [0.1, 0.15) is 5.69 Å². The third-order valence-corrected chi connectivity index (χ3v) is 4.96. The summed E-state index contributed by atoms with van der Waals surface area (Å²) in [7, 11) is 0. The number of nitrogens with zero attached hydrogens (tertiary/aromatic N) is 2. The standard InChI is InChI=1S/C24H28N4O2/c1-4-12-25-22(29)14-26-24(30)21-16-28(15-19-8-6-5-7-9-19)27-23(21)20-11-10-17(2)18(3)13-20/h5-11,13,16H,4,12,14-15H2,1-3H3,(H,25,29)(H,26,30). The van der Waals surface area contributed by atoms with Crippen molar-refractivity contribution in [1.29, 1.82) is 0 Å². The summed E-state index contributed by atoms with van der Waals surface area (Å²) in [6.45, 7) is 7.17. The number of aromatic nitrogens is 2. The van der Waals surface area contributed by atoms with Gasteiger partial charge < -0.3 is 10.6 Å². The van der Waals surface area contributed by atoms with E-state index in [1.54, 1.807) is 10.9 Å². The van der Waals surface area contributed by atoms with Crippen LogP contribution >= 0.6 is 0 Å². The van der Waals surface area contributed by atoms with Crippen LogP contribution in [0.5, 0.6) is 0 Å². The van der Waals surface area contributed by atoms with Crippen molar-refractivity contribution in [3.8, 4) is 11.3 Å². The van der Waals surface area contributed by atoms with Crippen LogP contribution in [0.4, 0.5) is 0 Å². The molecule has 2 amide bonds. The number of benzene rings is 2. The van der Waals surface area contributed by atoms with E-state index in [4.69, 9.17) is 5.10 Å². The molecule has 3 aromatic rings. The van der Waals surface area contributed by atoms with Gasteiger partial charge in [-0.2, -0.15) is 5.10 Å². The second kappa shape index (κ2) is 9.87. The maximum absolute atomic E-state index is 12.9. The first-order valence-electron chi connectivity index (χ1n) is 10.2. The molecule has 0 atom stereocenters. The Bertz CT molecular complexity index is 1020. The summed E-state index contributed by atoms with van der Waals surface area (Å²) in [5, 5.41) is 10.2. The first-order valence-corrected chi connectivity index (χ1v) is 10.2. The molecule has 156 valence electrons. The van der Waals surface area contributed by atoms with E-state index < -0.39 is 0 Å². The Balaban J connectivity index is 1.88. The Labute approximate surface area is 177 Å². The molecule has 0 saturated carbocycles. The molecule has 0 spiro atoms. The zero-order valence-electron chi connectivity index (χ0n) is 17.7. The summed E-state index contributed by atoms with van der Waals surface area (Å²) in [4.78, 5) is 24.8. The van der Waals surface area contributed by atoms with Gasteiger partial charge in [-0.05, 0) is 43.0 Å². The highest BCUT2D eigenvalue weighted by Gasteiger charge is 2.19. The Morgan fingerprint density at radius 2 is 1.77 bits per heavy atom. The number of hydrogen-bond acceptors (Lipinski definition) is 3. The molecule has 0 radical (unpaired) electrons. The average molecular weight is 405 g/mol. The third kappa shape index (κ3) is 5.35. The van der Waals surface area contributed by atoms with Crippen LogP contribution in [0.3, 0.4) is 0 Å². The molecule has 0 aliphatic rings. The number of hydrogen-bond donors (Lipinski definition) is 2. The topological polar surface area (TPSA) is 76.0 Å². The summed E-state index contributed by atoms with van der Waals surface area (Å²) < 4.78 is 1.77. The van der Waals surface area contributed by atoms with E-state index in [9.17, 15) is 9.59 Å².